The molecule has 0 aromatic heterocycles. The first-order valence-electron chi connectivity index (χ1n) is 11.8. The lowest BCUT2D eigenvalue weighted by atomic mass is 9.70. The molecule has 0 saturated carbocycles. The molecular weight excluding hydrogens is 474 g/mol. The quantitative estimate of drug-likeness (QED) is 0.360. The maximum Gasteiger partial charge on any atom is 0.510 e. The minimum Gasteiger partial charge on any atom is -0.426 e. The minimum absolute atomic E-state index is 0.0160. The molecule has 3 amide bonds. The van der Waals surface area contributed by atoms with Crippen LogP contribution in [-0.2, 0) is 14.3 Å². The molecule has 1 aromatic carbocycles. The highest BCUT2D eigenvalue weighted by atomic mass is 35.5. The Balaban J connectivity index is 1.99. The van der Waals surface area contributed by atoms with E-state index in [-0.39, 0.29) is 29.7 Å². The van der Waals surface area contributed by atoms with Gasteiger partial charge in [-0.05, 0) is 55.2 Å². The fourth-order valence-electron chi connectivity index (χ4n) is 4.40. The number of ether oxygens (including phenoxy) is 2. The molecule has 1 aliphatic heterocycles. The van der Waals surface area contributed by atoms with Crippen LogP contribution in [0.4, 0.5) is 9.59 Å². The second kappa shape index (κ2) is 11.9. The van der Waals surface area contributed by atoms with Gasteiger partial charge in [-0.3, -0.25) is 4.79 Å². The highest BCUT2D eigenvalue weighted by molar-refractivity contribution is 6.30. The van der Waals surface area contributed by atoms with Crippen molar-refractivity contribution in [2.45, 2.75) is 65.5 Å². The van der Waals surface area contributed by atoms with Crippen molar-refractivity contribution < 1.29 is 29.0 Å². The topological polar surface area (TPSA) is 117 Å². The van der Waals surface area contributed by atoms with E-state index in [2.05, 4.69) is 29.2 Å². The van der Waals surface area contributed by atoms with Crippen LogP contribution in [0.5, 0.6) is 0 Å². The van der Waals surface area contributed by atoms with Crippen LogP contribution >= 0.6 is 11.6 Å². The van der Waals surface area contributed by atoms with Crippen LogP contribution in [0.1, 0.15) is 59.4 Å². The zero-order valence-electron chi connectivity index (χ0n) is 21.4. The Labute approximate surface area is 212 Å². The third-order valence-electron chi connectivity index (χ3n) is 6.25. The number of piperidine rings is 1. The third kappa shape index (κ3) is 8.28. The molecule has 1 fully saturated rings. The predicted octanol–water partition coefficient (Wildman–Crippen LogP) is 3.89. The molecule has 1 aromatic rings. The van der Waals surface area contributed by atoms with Gasteiger partial charge in [-0.2, -0.15) is 0 Å². The Morgan fingerprint density at radius 2 is 1.86 bits per heavy atom. The molecule has 2 unspecified atom stereocenters. The van der Waals surface area contributed by atoms with Crippen molar-refractivity contribution in [3.8, 4) is 0 Å². The van der Waals surface area contributed by atoms with E-state index in [0.29, 0.717) is 18.1 Å². The van der Waals surface area contributed by atoms with E-state index >= 15 is 0 Å². The van der Waals surface area contributed by atoms with Crippen LogP contribution in [0.3, 0.4) is 0 Å². The molecule has 0 aliphatic carbocycles. The molecule has 196 valence electrons. The van der Waals surface area contributed by atoms with Gasteiger partial charge in [0.25, 0.3) is 0 Å². The number of carbonyl (C=O) groups is 3. The van der Waals surface area contributed by atoms with Gasteiger partial charge in [0.15, 0.2) is 6.79 Å². The average Bonchev–Trinajstić information content (AvgIpc) is 2.75. The molecule has 0 spiro atoms. The Kier molecular flexibility index (Phi) is 9.80. The molecular formula is C25H38ClN3O6. The zero-order valence-corrected chi connectivity index (χ0v) is 22.1. The van der Waals surface area contributed by atoms with Gasteiger partial charge >= 0.3 is 12.2 Å². The SMILES string of the molecule is CC(C)C(NC(=O)NCC(C)(C)OC(=O)OCO)C(=O)N1CCC(c2ccc(Cl)cc2)C(C)(C)C1. The summed E-state index contributed by atoms with van der Waals surface area (Å²) < 4.78 is 9.40. The van der Waals surface area contributed by atoms with E-state index in [1.165, 1.54) is 5.56 Å². The number of nitrogens with one attached hydrogen (secondary N) is 2. The van der Waals surface area contributed by atoms with Crippen molar-refractivity contribution in [3.63, 3.8) is 0 Å². The highest BCUT2D eigenvalue weighted by Gasteiger charge is 2.40. The van der Waals surface area contributed by atoms with Gasteiger partial charge in [-0.1, -0.05) is 51.4 Å². The molecule has 10 heteroatoms. The monoisotopic (exact) mass is 511 g/mol. The Morgan fingerprint density at radius 3 is 2.40 bits per heavy atom. The first kappa shape index (κ1) is 28.7. The van der Waals surface area contributed by atoms with Gasteiger partial charge in [0.1, 0.15) is 11.6 Å². The Bertz CT molecular complexity index is 888. The summed E-state index contributed by atoms with van der Waals surface area (Å²) in [5.41, 5.74) is -0.0259. The number of benzene rings is 1. The van der Waals surface area contributed by atoms with Crippen molar-refractivity contribution in [2.75, 3.05) is 26.4 Å². The van der Waals surface area contributed by atoms with Crippen LogP contribution in [-0.4, -0.2) is 66.2 Å². The summed E-state index contributed by atoms with van der Waals surface area (Å²) in [6.07, 6.45) is -0.230. The first-order valence-corrected chi connectivity index (χ1v) is 12.2. The molecule has 0 radical (unpaired) electrons. The number of aliphatic hydroxyl groups is 1. The summed E-state index contributed by atoms with van der Waals surface area (Å²) in [5, 5.41) is 14.7. The molecule has 0 bridgehead atoms. The summed E-state index contributed by atoms with van der Waals surface area (Å²) in [7, 11) is 0. The van der Waals surface area contributed by atoms with Gasteiger partial charge < -0.3 is 30.1 Å². The van der Waals surface area contributed by atoms with Crippen molar-refractivity contribution in [3.05, 3.63) is 34.9 Å². The maximum absolute atomic E-state index is 13.4. The lowest BCUT2D eigenvalue weighted by Gasteiger charge is -2.45. The van der Waals surface area contributed by atoms with Gasteiger partial charge in [-0.25, -0.2) is 9.59 Å². The zero-order chi connectivity index (χ0) is 26.4. The van der Waals surface area contributed by atoms with Crippen LogP contribution in [0.2, 0.25) is 5.02 Å². The molecule has 1 aliphatic rings. The molecule has 1 heterocycles. The minimum atomic E-state index is -1.07. The van der Waals surface area contributed by atoms with E-state index in [1.807, 2.05) is 43.0 Å². The Hall–Kier alpha value is -2.52. The molecule has 3 N–H and O–H groups in total. The summed E-state index contributed by atoms with van der Waals surface area (Å²) in [6, 6.07) is 6.63. The summed E-state index contributed by atoms with van der Waals surface area (Å²) in [4.78, 5) is 39.3. The number of halogens is 1. The molecule has 9 nitrogen and oxygen atoms in total. The summed E-state index contributed by atoms with van der Waals surface area (Å²) >= 11 is 6.05. The third-order valence-corrected chi connectivity index (χ3v) is 6.50. The van der Waals surface area contributed by atoms with Crippen molar-refractivity contribution in [1.29, 1.82) is 0 Å². The standard InChI is InChI=1S/C25H38ClN3O6/c1-16(2)20(28-22(32)27-13-25(5,6)35-23(33)34-15-30)21(31)29-12-11-19(24(3,4)14-29)17-7-9-18(26)10-8-17/h7-10,16,19-20,30H,11-15H2,1-6H3,(H2,27,28,32). The highest BCUT2D eigenvalue weighted by Crippen LogP contribution is 2.42. The van der Waals surface area contributed by atoms with Crippen LogP contribution < -0.4 is 10.6 Å². The number of hydrogen-bond acceptors (Lipinski definition) is 6. The fraction of sp³-hybridized carbons (Fsp3) is 0.640. The number of rotatable bonds is 8. The lowest BCUT2D eigenvalue weighted by molar-refractivity contribution is -0.137. The number of amides is 3. The fourth-order valence-corrected chi connectivity index (χ4v) is 4.52. The predicted molar refractivity (Wildman–Crippen MR) is 133 cm³/mol. The molecule has 1 saturated heterocycles. The number of nitrogens with zero attached hydrogens (tertiary/aromatic N) is 1. The lowest BCUT2D eigenvalue weighted by Crippen LogP contribution is -2.58. The first-order chi connectivity index (χ1) is 16.3. The molecule has 2 atom stereocenters. The van der Waals surface area contributed by atoms with E-state index in [4.69, 9.17) is 21.4 Å². The number of carbonyl (C=O) groups excluding carboxylic acids is 3. The van der Waals surface area contributed by atoms with Gasteiger partial charge in [0.2, 0.25) is 5.91 Å². The van der Waals surface area contributed by atoms with E-state index in [0.717, 1.165) is 6.42 Å². The van der Waals surface area contributed by atoms with E-state index < -0.39 is 30.6 Å². The normalized spacial score (nSPS) is 18.5. The number of likely N-dealkylation sites (tertiary alicyclic amines) is 1. The largest absolute Gasteiger partial charge is 0.510 e. The molecule has 35 heavy (non-hydrogen) atoms. The van der Waals surface area contributed by atoms with Crippen molar-refractivity contribution in [1.82, 2.24) is 15.5 Å². The van der Waals surface area contributed by atoms with Gasteiger partial charge in [0, 0.05) is 18.1 Å². The smallest absolute Gasteiger partial charge is 0.426 e. The second-order valence-electron chi connectivity index (χ2n) is 10.6. The van der Waals surface area contributed by atoms with Crippen LogP contribution in [0, 0.1) is 11.3 Å². The van der Waals surface area contributed by atoms with Gasteiger partial charge in [0.05, 0.1) is 6.54 Å². The summed E-state index contributed by atoms with van der Waals surface area (Å²) in [5.74, 6) is 0.0336. The van der Waals surface area contributed by atoms with E-state index in [1.54, 1.807) is 13.8 Å². The van der Waals surface area contributed by atoms with Crippen molar-refractivity contribution in [2.24, 2.45) is 11.3 Å². The molecule has 2 rings (SSSR count). The van der Waals surface area contributed by atoms with Crippen LogP contribution in [0.15, 0.2) is 24.3 Å². The van der Waals surface area contributed by atoms with Gasteiger partial charge in [-0.15, -0.1) is 0 Å². The van der Waals surface area contributed by atoms with Crippen LogP contribution in [0.25, 0.3) is 0 Å². The maximum atomic E-state index is 13.4. The average molecular weight is 512 g/mol. The number of aliphatic hydroxyl groups excluding tert-OH is 1. The van der Waals surface area contributed by atoms with E-state index in [9.17, 15) is 14.4 Å². The Morgan fingerprint density at radius 1 is 1.23 bits per heavy atom. The second-order valence-corrected chi connectivity index (χ2v) is 11.0. The summed E-state index contributed by atoms with van der Waals surface area (Å²) in [6.45, 7) is 11.6. The van der Waals surface area contributed by atoms with Crippen molar-refractivity contribution >= 4 is 29.7 Å². The number of hydrogen-bond donors (Lipinski definition) is 3. The number of urea groups is 1.